The fraction of sp³-hybridized carbons (Fsp3) is 0.611. The van der Waals surface area contributed by atoms with Gasteiger partial charge in [-0.05, 0) is 0 Å². The molecule has 0 saturated heterocycles. The van der Waals surface area contributed by atoms with Crippen LogP contribution in [0.5, 0.6) is 0 Å². The first kappa shape index (κ1) is 16.9. The van der Waals surface area contributed by atoms with Crippen molar-refractivity contribution in [1.29, 1.82) is 0 Å². The SMILES string of the molecule is CC(C)c1nc(N2CCc3nnc(C(C)C)n3CC2)c2cnn(C)c2n1. The topological polar surface area (TPSA) is 77.5 Å². The van der Waals surface area contributed by atoms with Crippen LogP contribution in [0.3, 0.4) is 0 Å². The van der Waals surface area contributed by atoms with Gasteiger partial charge >= 0.3 is 0 Å². The summed E-state index contributed by atoms with van der Waals surface area (Å²) in [4.78, 5) is 12.0. The number of anilines is 1. The zero-order valence-corrected chi connectivity index (χ0v) is 16.1. The fourth-order valence-corrected chi connectivity index (χ4v) is 3.51. The highest BCUT2D eigenvalue weighted by molar-refractivity contribution is 5.87. The Labute approximate surface area is 153 Å². The van der Waals surface area contributed by atoms with Gasteiger partial charge in [-0.25, -0.2) is 9.97 Å². The van der Waals surface area contributed by atoms with E-state index in [1.165, 1.54) is 0 Å². The van der Waals surface area contributed by atoms with Crippen LogP contribution in [0, 0.1) is 0 Å². The molecule has 0 unspecified atom stereocenters. The van der Waals surface area contributed by atoms with Gasteiger partial charge in [-0.1, -0.05) is 27.7 Å². The molecule has 1 aliphatic rings. The lowest BCUT2D eigenvalue weighted by Crippen LogP contribution is -2.28. The zero-order valence-electron chi connectivity index (χ0n) is 16.1. The van der Waals surface area contributed by atoms with Gasteiger partial charge in [-0.3, -0.25) is 4.68 Å². The first-order valence-corrected chi connectivity index (χ1v) is 9.32. The van der Waals surface area contributed by atoms with E-state index in [1.54, 1.807) is 0 Å². The van der Waals surface area contributed by atoms with Crippen molar-refractivity contribution < 1.29 is 0 Å². The molecule has 0 spiro atoms. The summed E-state index contributed by atoms with van der Waals surface area (Å²) in [5, 5.41) is 14.2. The van der Waals surface area contributed by atoms with Crippen LogP contribution in [0.2, 0.25) is 0 Å². The maximum atomic E-state index is 4.90. The second kappa shape index (κ2) is 6.34. The number of hydrogen-bond acceptors (Lipinski definition) is 6. The first-order valence-electron chi connectivity index (χ1n) is 9.32. The molecule has 0 atom stereocenters. The molecule has 0 fully saturated rings. The normalized spacial score (nSPS) is 15.1. The molecular weight excluding hydrogens is 328 g/mol. The summed E-state index contributed by atoms with van der Waals surface area (Å²) < 4.78 is 4.10. The van der Waals surface area contributed by atoms with Crippen LogP contribution in [0.15, 0.2) is 6.20 Å². The minimum atomic E-state index is 0.271. The minimum Gasteiger partial charge on any atom is -0.354 e. The molecule has 3 aromatic rings. The molecule has 0 N–H and O–H groups in total. The van der Waals surface area contributed by atoms with Gasteiger partial charge in [0, 0.05) is 44.9 Å². The van der Waals surface area contributed by atoms with Crippen molar-refractivity contribution in [3.63, 3.8) is 0 Å². The van der Waals surface area contributed by atoms with Crippen LogP contribution in [0.25, 0.3) is 11.0 Å². The lowest BCUT2D eigenvalue weighted by atomic mass is 10.2. The number of hydrogen-bond donors (Lipinski definition) is 0. The Kier molecular flexibility index (Phi) is 4.13. The van der Waals surface area contributed by atoms with E-state index < -0.39 is 0 Å². The summed E-state index contributed by atoms with van der Waals surface area (Å²) in [5.41, 5.74) is 0.894. The summed E-state index contributed by atoms with van der Waals surface area (Å²) in [5.74, 6) is 4.63. The number of rotatable bonds is 3. The summed E-state index contributed by atoms with van der Waals surface area (Å²) >= 11 is 0. The van der Waals surface area contributed by atoms with Gasteiger partial charge in [-0.2, -0.15) is 5.10 Å². The highest BCUT2D eigenvalue weighted by atomic mass is 15.3. The second-order valence-electron chi connectivity index (χ2n) is 7.58. The van der Waals surface area contributed by atoms with Gasteiger partial charge in [0.25, 0.3) is 0 Å². The highest BCUT2D eigenvalue weighted by Gasteiger charge is 2.23. The molecule has 0 aliphatic carbocycles. The van der Waals surface area contributed by atoms with E-state index in [9.17, 15) is 0 Å². The van der Waals surface area contributed by atoms with E-state index in [0.717, 1.165) is 60.4 Å². The average Bonchev–Trinajstić information content (AvgIpc) is 3.12. The number of aromatic nitrogens is 7. The van der Waals surface area contributed by atoms with E-state index in [4.69, 9.17) is 9.97 Å². The lowest BCUT2D eigenvalue weighted by molar-refractivity contribution is 0.616. The Morgan fingerprint density at radius 2 is 1.77 bits per heavy atom. The van der Waals surface area contributed by atoms with Crippen molar-refractivity contribution in [2.45, 2.75) is 52.5 Å². The van der Waals surface area contributed by atoms with Crippen molar-refractivity contribution in [2.24, 2.45) is 7.05 Å². The largest absolute Gasteiger partial charge is 0.354 e. The molecule has 1 aliphatic heterocycles. The monoisotopic (exact) mass is 354 g/mol. The van der Waals surface area contributed by atoms with Crippen molar-refractivity contribution in [1.82, 2.24) is 34.5 Å². The summed E-state index contributed by atoms with van der Waals surface area (Å²) in [6.45, 7) is 11.2. The second-order valence-corrected chi connectivity index (χ2v) is 7.58. The highest BCUT2D eigenvalue weighted by Crippen LogP contribution is 2.27. The first-order chi connectivity index (χ1) is 12.5. The van der Waals surface area contributed by atoms with Crippen LogP contribution < -0.4 is 4.90 Å². The van der Waals surface area contributed by atoms with Crippen molar-refractivity contribution >= 4 is 16.9 Å². The van der Waals surface area contributed by atoms with Gasteiger partial charge in [0.15, 0.2) is 5.65 Å². The van der Waals surface area contributed by atoms with E-state index in [-0.39, 0.29) is 5.92 Å². The third-order valence-corrected chi connectivity index (χ3v) is 4.98. The summed E-state index contributed by atoms with van der Waals surface area (Å²) in [7, 11) is 1.93. The number of aryl methyl sites for hydroxylation is 1. The fourth-order valence-electron chi connectivity index (χ4n) is 3.51. The summed E-state index contributed by atoms with van der Waals surface area (Å²) in [6, 6.07) is 0. The molecule has 0 amide bonds. The van der Waals surface area contributed by atoms with Crippen LogP contribution >= 0.6 is 0 Å². The van der Waals surface area contributed by atoms with Gasteiger partial charge in [-0.15, -0.1) is 10.2 Å². The standard InChI is InChI=1S/C18H26N8/c1-11(2)15-20-17-13(10-19-24(17)5)18(21-15)25-7-6-14-22-23-16(12(3)4)26(14)9-8-25/h10-12H,6-9H2,1-5H3. The average molecular weight is 354 g/mol. The minimum absolute atomic E-state index is 0.271. The molecule has 138 valence electrons. The van der Waals surface area contributed by atoms with E-state index in [1.807, 2.05) is 17.9 Å². The maximum absolute atomic E-state index is 4.90. The predicted octanol–water partition coefficient (Wildman–Crippen LogP) is 2.26. The lowest BCUT2D eigenvalue weighted by Gasteiger charge is -2.23. The molecule has 0 radical (unpaired) electrons. The number of nitrogens with zero attached hydrogens (tertiary/aromatic N) is 8. The van der Waals surface area contributed by atoms with Crippen molar-refractivity contribution in [3.05, 3.63) is 23.7 Å². The maximum Gasteiger partial charge on any atom is 0.163 e. The summed E-state index contributed by atoms with van der Waals surface area (Å²) in [6.07, 6.45) is 2.74. The van der Waals surface area contributed by atoms with E-state index >= 15 is 0 Å². The molecule has 8 heteroatoms. The molecule has 3 aromatic heterocycles. The third-order valence-electron chi connectivity index (χ3n) is 4.98. The third kappa shape index (κ3) is 2.73. The van der Waals surface area contributed by atoms with Crippen LogP contribution in [0.1, 0.15) is 57.0 Å². The predicted molar refractivity (Wildman–Crippen MR) is 100 cm³/mol. The molecule has 0 saturated carbocycles. The smallest absolute Gasteiger partial charge is 0.163 e. The van der Waals surface area contributed by atoms with Gasteiger partial charge < -0.3 is 9.47 Å². The Bertz CT molecular complexity index is 936. The number of fused-ring (bicyclic) bond motifs is 2. The van der Waals surface area contributed by atoms with Crippen LogP contribution in [-0.4, -0.2) is 47.6 Å². The molecular formula is C18H26N8. The van der Waals surface area contributed by atoms with Crippen molar-refractivity contribution in [3.8, 4) is 0 Å². The van der Waals surface area contributed by atoms with E-state index in [2.05, 4.69) is 52.5 Å². The molecule has 4 heterocycles. The van der Waals surface area contributed by atoms with Gasteiger partial charge in [0.2, 0.25) is 0 Å². The Balaban J connectivity index is 1.72. The van der Waals surface area contributed by atoms with Crippen LogP contribution in [0.4, 0.5) is 5.82 Å². The quantitative estimate of drug-likeness (QED) is 0.718. The Morgan fingerprint density at radius 1 is 0.962 bits per heavy atom. The Hall–Kier alpha value is -2.51. The van der Waals surface area contributed by atoms with Crippen LogP contribution in [-0.2, 0) is 20.0 Å². The Morgan fingerprint density at radius 3 is 2.50 bits per heavy atom. The van der Waals surface area contributed by atoms with E-state index in [0.29, 0.717) is 5.92 Å². The molecule has 0 bridgehead atoms. The molecule has 8 nitrogen and oxygen atoms in total. The van der Waals surface area contributed by atoms with Gasteiger partial charge in [0.1, 0.15) is 23.3 Å². The zero-order chi connectivity index (χ0) is 18.4. The van der Waals surface area contributed by atoms with Gasteiger partial charge in [0.05, 0.1) is 11.6 Å². The van der Waals surface area contributed by atoms with Crippen molar-refractivity contribution in [2.75, 3.05) is 18.0 Å². The molecule has 0 aromatic carbocycles. The molecule has 26 heavy (non-hydrogen) atoms. The molecule has 4 rings (SSSR count).